The third-order valence-electron chi connectivity index (χ3n) is 3.15. The highest BCUT2D eigenvalue weighted by molar-refractivity contribution is 6.20. The van der Waals surface area contributed by atoms with Gasteiger partial charge in [0.2, 0.25) is 0 Å². The summed E-state index contributed by atoms with van der Waals surface area (Å²) in [6.07, 6.45) is -4.34. The quantitative estimate of drug-likeness (QED) is 0.505. The van der Waals surface area contributed by atoms with Crippen molar-refractivity contribution in [1.29, 1.82) is 0 Å². The topological polar surface area (TPSA) is 0 Å². The first-order valence-electron chi connectivity index (χ1n) is 6.33. The van der Waals surface area contributed by atoms with E-state index in [0.717, 1.165) is 23.3 Å². The van der Waals surface area contributed by atoms with E-state index >= 15 is 0 Å². The fraction of sp³-hybridized carbons (Fsp3) is 0.250. The van der Waals surface area contributed by atoms with Crippen molar-refractivity contribution in [2.24, 2.45) is 0 Å². The number of alkyl halides is 4. The Labute approximate surface area is 125 Å². The molecule has 0 heterocycles. The summed E-state index contributed by atoms with van der Waals surface area (Å²) in [6, 6.07) is 10.4. The second-order valence-corrected chi connectivity index (χ2v) is 5.42. The number of aryl methyl sites for hydroxylation is 1. The third kappa shape index (κ3) is 3.97. The van der Waals surface area contributed by atoms with Gasteiger partial charge in [0.05, 0.1) is 10.9 Å². The SMILES string of the molecule is Cc1cccc(CC(Cl)c2ccc(F)c(C(F)(F)F)c2)c1. The van der Waals surface area contributed by atoms with Crippen LogP contribution in [0.25, 0.3) is 0 Å². The van der Waals surface area contributed by atoms with Crippen LogP contribution in [0.1, 0.15) is 27.6 Å². The first-order valence-corrected chi connectivity index (χ1v) is 6.77. The molecular formula is C16H13ClF4. The fourth-order valence-corrected chi connectivity index (χ4v) is 2.43. The van der Waals surface area contributed by atoms with Crippen LogP contribution < -0.4 is 0 Å². The zero-order valence-corrected chi connectivity index (χ0v) is 12.0. The van der Waals surface area contributed by atoms with Gasteiger partial charge < -0.3 is 0 Å². The zero-order chi connectivity index (χ0) is 15.6. The highest BCUT2D eigenvalue weighted by atomic mass is 35.5. The van der Waals surface area contributed by atoms with E-state index in [1.54, 1.807) is 0 Å². The number of hydrogen-bond acceptors (Lipinski definition) is 0. The van der Waals surface area contributed by atoms with Crippen LogP contribution >= 0.6 is 11.6 Å². The van der Waals surface area contributed by atoms with Gasteiger partial charge in [0.1, 0.15) is 5.82 Å². The summed E-state index contributed by atoms with van der Waals surface area (Å²) in [5.41, 5.74) is 0.945. The van der Waals surface area contributed by atoms with Crippen molar-refractivity contribution in [2.75, 3.05) is 0 Å². The molecule has 2 aromatic rings. The van der Waals surface area contributed by atoms with Crippen LogP contribution in [0.15, 0.2) is 42.5 Å². The van der Waals surface area contributed by atoms with Crippen molar-refractivity contribution in [1.82, 2.24) is 0 Å². The maximum Gasteiger partial charge on any atom is 0.419 e. The lowest BCUT2D eigenvalue weighted by Gasteiger charge is -2.14. The zero-order valence-electron chi connectivity index (χ0n) is 11.2. The normalized spacial score (nSPS) is 13.2. The average molecular weight is 317 g/mol. The van der Waals surface area contributed by atoms with E-state index in [2.05, 4.69) is 0 Å². The number of benzene rings is 2. The molecule has 0 saturated heterocycles. The Morgan fingerprint density at radius 3 is 2.43 bits per heavy atom. The van der Waals surface area contributed by atoms with Gasteiger partial charge in [0.25, 0.3) is 0 Å². The summed E-state index contributed by atoms with van der Waals surface area (Å²) >= 11 is 6.18. The molecule has 0 radical (unpaired) electrons. The van der Waals surface area contributed by atoms with Crippen LogP contribution in [0.2, 0.25) is 0 Å². The van der Waals surface area contributed by atoms with Crippen molar-refractivity contribution in [3.63, 3.8) is 0 Å². The molecular weight excluding hydrogens is 304 g/mol. The standard InChI is InChI=1S/C16H13ClF4/c1-10-3-2-4-11(7-10)8-14(17)12-5-6-15(18)13(9-12)16(19,20)21/h2-7,9,14H,8H2,1H3. The van der Waals surface area contributed by atoms with Crippen LogP contribution in [0.5, 0.6) is 0 Å². The molecule has 0 aliphatic rings. The maximum absolute atomic E-state index is 13.2. The second kappa shape index (κ2) is 6.06. The van der Waals surface area contributed by atoms with Crippen molar-refractivity contribution >= 4 is 11.6 Å². The molecule has 0 aromatic heterocycles. The van der Waals surface area contributed by atoms with E-state index in [1.165, 1.54) is 6.07 Å². The summed E-state index contributed by atoms with van der Waals surface area (Å²) in [7, 11) is 0. The first kappa shape index (κ1) is 15.8. The van der Waals surface area contributed by atoms with Gasteiger partial charge in [-0.1, -0.05) is 35.9 Å². The molecule has 0 N–H and O–H groups in total. The molecule has 0 spiro atoms. The first-order chi connectivity index (χ1) is 9.77. The molecule has 2 aromatic carbocycles. The third-order valence-corrected chi connectivity index (χ3v) is 3.56. The summed E-state index contributed by atoms with van der Waals surface area (Å²) in [6.45, 7) is 1.92. The highest BCUT2D eigenvalue weighted by Gasteiger charge is 2.34. The Morgan fingerprint density at radius 2 is 1.81 bits per heavy atom. The van der Waals surface area contributed by atoms with E-state index in [-0.39, 0.29) is 5.56 Å². The van der Waals surface area contributed by atoms with Crippen LogP contribution in [-0.4, -0.2) is 0 Å². The number of halogens is 5. The van der Waals surface area contributed by atoms with Gasteiger partial charge in [0.15, 0.2) is 0 Å². The minimum atomic E-state index is -4.72. The molecule has 0 saturated carbocycles. The highest BCUT2D eigenvalue weighted by Crippen LogP contribution is 2.35. The molecule has 0 amide bonds. The summed E-state index contributed by atoms with van der Waals surface area (Å²) in [5, 5.41) is -0.645. The van der Waals surface area contributed by atoms with Gasteiger partial charge in [-0.2, -0.15) is 13.2 Å². The lowest BCUT2D eigenvalue weighted by molar-refractivity contribution is -0.140. The van der Waals surface area contributed by atoms with E-state index in [0.29, 0.717) is 6.42 Å². The fourth-order valence-electron chi connectivity index (χ4n) is 2.12. The smallest absolute Gasteiger partial charge is 0.206 e. The summed E-state index contributed by atoms with van der Waals surface area (Å²) in [5.74, 6) is -1.29. The molecule has 5 heteroatoms. The molecule has 0 aliphatic heterocycles. The molecule has 112 valence electrons. The summed E-state index contributed by atoms with van der Waals surface area (Å²) < 4.78 is 51.3. The number of hydrogen-bond donors (Lipinski definition) is 0. The minimum Gasteiger partial charge on any atom is -0.206 e. The molecule has 1 atom stereocenters. The van der Waals surface area contributed by atoms with Gasteiger partial charge in [0, 0.05) is 0 Å². The van der Waals surface area contributed by atoms with E-state index in [9.17, 15) is 17.6 Å². The molecule has 1 unspecified atom stereocenters. The summed E-state index contributed by atoms with van der Waals surface area (Å²) in [4.78, 5) is 0. The van der Waals surface area contributed by atoms with Crippen molar-refractivity contribution < 1.29 is 17.6 Å². The predicted octanol–water partition coefficient (Wildman–Crippen LogP) is 5.68. The van der Waals surface area contributed by atoms with Crippen molar-refractivity contribution in [3.05, 3.63) is 70.5 Å². The lowest BCUT2D eigenvalue weighted by atomic mass is 10.0. The van der Waals surface area contributed by atoms with Gasteiger partial charge >= 0.3 is 6.18 Å². The molecule has 0 fully saturated rings. The van der Waals surface area contributed by atoms with Crippen molar-refractivity contribution in [3.8, 4) is 0 Å². The predicted molar refractivity (Wildman–Crippen MR) is 74.9 cm³/mol. The number of rotatable bonds is 3. The average Bonchev–Trinajstić information content (AvgIpc) is 2.37. The maximum atomic E-state index is 13.2. The Morgan fingerprint density at radius 1 is 1.10 bits per heavy atom. The molecule has 0 aliphatic carbocycles. The molecule has 0 bridgehead atoms. The van der Waals surface area contributed by atoms with Gasteiger partial charge in [-0.25, -0.2) is 4.39 Å². The molecule has 21 heavy (non-hydrogen) atoms. The van der Waals surface area contributed by atoms with Crippen molar-refractivity contribution in [2.45, 2.75) is 24.9 Å². The van der Waals surface area contributed by atoms with Crippen LogP contribution in [-0.2, 0) is 12.6 Å². The van der Waals surface area contributed by atoms with Crippen LogP contribution in [0.4, 0.5) is 17.6 Å². The van der Waals surface area contributed by atoms with Crippen LogP contribution in [0.3, 0.4) is 0 Å². The van der Waals surface area contributed by atoms with E-state index < -0.39 is 22.9 Å². The second-order valence-electron chi connectivity index (χ2n) is 4.90. The largest absolute Gasteiger partial charge is 0.419 e. The Bertz CT molecular complexity index is 634. The molecule has 2 rings (SSSR count). The van der Waals surface area contributed by atoms with Crippen LogP contribution in [0, 0.1) is 12.7 Å². The monoisotopic (exact) mass is 316 g/mol. The van der Waals surface area contributed by atoms with Gasteiger partial charge in [-0.05, 0) is 36.6 Å². The Kier molecular flexibility index (Phi) is 4.57. The van der Waals surface area contributed by atoms with E-state index in [1.807, 2.05) is 31.2 Å². The Hall–Kier alpha value is -1.55. The Balaban J connectivity index is 2.25. The van der Waals surface area contributed by atoms with E-state index in [4.69, 9.17) is 11.6 Å². The van der Waals surface area contributed by atoms with Gasteiger partial charge in [-0.15, -0.1) is 11.6 Å². The van der Waals surface area contributed by atoms with Gasteiger partial charge in [-0.3, -0.25) is 0 Å². The minimum absolute atomic E-state index is 0.256. The molecule has 0 nitrogen and oxygen atoms in total. The lowest BCUT2D eigenvalue weighted by Crippen LogP contribution is -2.09.